The van der Waals surface area contributed by atoms with Gasteiger partial charge in [-0.3, -0.25) is 26.2 Å². The van der Waals surface area contributed by atoms with Crippen molar-refractivity contribution in [3.8, 4) is 12.1 Å². The van der Waals surface area contributed by atoms with E-state index in [9.17, 15) is 64.8 Å². The van der Waals surface area contributed by atoms with Gasteiger partial charge in [-0.15, -0.1) is 0 Å². The highest BCUT2D eigenvalue weighted by atomic mass is 35.5. The zero-order valence-corrected chi connectivity index (χ0v) is 60.1. The van der Waals surface area contributed by atoms with Crippen LogP contribution >= 0.6 is 23.2 Å². The van der Waals surface area contributed by atoms with Crippen LogP contribution < -0.4 is 0 Å². The second kappa shape index (κ2) is 38.6. The molecule has 104 heavy (non-hydrogen) atoms. The molecule has 0 saturated carbocycles. The predicted molar refractivity (Wildman–Crippen MR) is 380 cm³/mol. The largest absolute Gasteiger partial charge is 0.536 e. The minimum Gasteiger partial charge on any atom is -0.478 e. The Morgan fingerprint density at radius 3 is 1.27 bits per heavy atom. The van der Waals surface area contributed by atoms with Crippen molar-refractivity contribution in [3.05, 3.63) is 297 Å². The molecule has 9 aromatic rings. The van der Waals surface area contributed by atoms with Crippen molar-refractivity contribution in [3.63, 3.8) is 0 Å². The minimum atomic E-state index is -5.85. The number of nitrogens with zero attached hydrogens (tertiary/aromatic N) is 7. The Kier molecular flexibility index (Phi) is 30.9. The van der Waals surface area contributed by atoms with E-state index in [4.69, 9.17) is 43.1 Å². The zero-order valence-electron chi connectivity index (χ0n) is 54.5. The fourth-order valence-corrected chi connectivity index (χ4v) is 12.0. The maximum absolute atomic E-state index is 12.3. The fourth-order valence-electron chi connectivity index (χ4n) is 8.04. The first-order chi connectivity index (χ1) is 49.0. The lowest BCUT2D eigenvalue weighted by Gasteiger charge is -2.11. The van der Waals surface area contributed by atoms with Crippen LogP contribution in [-0.2, 0) is 76.8 Å². The van der Waals surface area contributed by atoms with Crippen LogP contribution in [-0.4, -0.2) is 93.5 Å². The normalized spacial score (nSPS) is 12.0. The molecule has 35 heteroatoms. The molecule has 0 atom stereocenters. The Balaban J connectivity index is 0.000000234. The molecule has 0 aromatic heterocycles. The summed E-state index contributed by atoms with van der Waals surface area (Å²) in [5.74, 6) is -1.52. The second-order valence-corrected chi connectivity index (χ2v) is 28.9. The number of carboxylic acids is 1. The molecule has 25 nitrogen and oxygen atoms in total. The number of hydrogen-bond acceptors (Lipinski definition) is 24. The molecule has 0 bridgehead atoms. The van der Waals surface area contributed by atoms with Gasteiger partial charge in [-0.05, 0) is 111 Å². The summed E-state index contributed by atoms with van der Waals surface area (Å²) < 4.78 is 175. The van der Waals surface area contributed by atoms with Gasteiger partial charge in [0, 0.05) is 34.2 Å². The number of benzene rings is 9. The summed E-state index contributed by atoms with van der Waals surface area (Å²) in [5.41, 5.74) is -0.0944. The fraction of sp³-hybridized carbons (Fsp3) is 0.0870. The SMILES string of the molecule is C/C(=N\OS(=O)(=O)c1cc(Cl)ccc1Cl)c1c(C)cc(C)cc1C.CC(=O)/C(=N\OS(=O)(=O)c1ccccc1)c1ccccc1.N#C/C(=N\OS(=O)(=O)C(F)(F)F)c1ccccc1.N#C/C(=N\OS(=O)(=O)c1ccccc1)c1ccccc1.O=C(O)c1ccc(S(=O)(=O)O/N=C/c2ccccc2)cc1. The predicted octanol–water partition coefficient (Wildman–Crippen LogP) is 13.7. The standard InChI is InChI=1S/C17H17Cl2NO3S.C15H13NO4S.C14H10N2O3S.C14H11NO5S.C9H5F3N2O3S/c1-10-7-11(2)17(12(3)8-10)13(4)20-23-24(21,22)16-9-14(18)5-6-15(16)19;1-12(17)15(13-8-4-2-5-9-13)16-20-21(18,19)14-10-6-3-7-11-14;15-11-14(12-7-3-1-4-8-12)16-19-20(17,18)13-9-5-2-6-10-13;16-14(17)12-6-8-13(9-7-12)21(18,19)20-15-10-11-4-2-1-3-5-11;10-9(11,12)18(15,16)17-14-8(6-13)7-4-2-1-3-5-7/h5-9H,1-4H3;2-11H,1H3;1-10H;1-10H,(H,16,17);1-5H/b20-13+;16-15+;16-14+;15-10+;14-8+. The summed E-state index contributed by atoms with van der Waals surface area (Å²) >= 11 is 11.7. The average molecular weight is 1560 g/mol. The summed E-state index contributed by atoms with van der Waals surface area (Å²) in [7, 11) is -22.1. The van der Waals surface area contributed by atoms with Gasteiger partial charge in [0.2, 0.25) is 0 Å². The average Bonchev–Trinajstić information content (AvgIpc) is 0.812. The number of rotatable bonds is 21. The van der Waals surface area contributed by atoms with Crippen LogP contribution in [0.4, 0.5) is 13.2 Å². The van der Waals surface area contributed by atoms with E-state index >= 15 is 0 Å². The molecule has 540 valence electrons. The number of halogens is 5. The Bertz CT molecular complexity index is 5300. The smallest absolute Gasteiger partial charge is 0.478 e. The van der Waals surface area contributed by atoms with Crippen LogP contribution in [0, 0.1) is 43.4 Å². The first-order valence-electron chi connectivity index (χ1n) is 29.1. The highest BCUT2D eigenvalue weighted by molar-refractivity contribution is 7.88. The van der Waals surface area contributed by atoms with Crippen molar-refractivity contribution in [1.29, 1.82) is 10.5 Å². The first-order valence-corrected chi connectivity index (χ1v) is 36.9. The Morgan fingerprint density at radius 1 is 0.462 bits per heavy atom. The second-order valence-electron chi connectivity index (χ2n) is 20.4. The molecule has 0 heterocycles. The maximum atomic E-state index is 12.3. The van der Waals surface area contributed by atoms with Crippen molar-refractivity contribution >= 4 is 115 Å². The Labute approximate surface area is 606 Å². The number of carbonyl (C=O) groups is 2. The summed E-state index contributed by atoms with van der Waals surface area (Å²) in [5, 5.41) is 43.5. The molecule has 0 aliphatic rings. The number of oxime groups is 5. The molecular formula is C69H56Cl2F3N7O18S5. The van der Waals surface area contributed by atoms with Gasteiger partial charge in [0.1, 0.15) is 31.7 Å². The van der Waals surface area contributed by atoms with E-state index in [2.05, 4.69) is 42.9 Å². The van der Waals surface area contributed by atoms with Gasteiger partial charge >= 0.3 is 62.1 Å². The van der Waals surface area contributed by atoms with Gasteiger partial charge in [0.25, 0.3) is 0 Å². The van der Waals surface area contributed by atoms with E-state index in [1.165, 1.54) is 98.1 Å². The number of carbonyl (C=O) groups excluding carboxylic acids is 1. The highest BCUT2D eigenvalue weighted by Gasteiger charge is 2.49. The van der Waals surface area contributed by atoms with E-state index in [0.29, 0.717) is 22.4 Å². The van der Waals surface area contributed by atoms with Gasteiger partial charge in [-0.2, -0.15) is 65.8 Å². The molecule has 9 aromatic carbocycles. The number of hydrogen-bond donors (Lipinski definition) is 1. The van der Waals surface area contributed by atoms with Crippen LogP contribution in [0.15, 0.2) is 282 Å². The molecule has 0 fully saturated rings. The molecule has 0 unspecified atom stereocenters. The number of alkyl halides is 3. The van der Waals surface area contributed by atoms with Crippen LogP contribution in [0.5, 0.6) is 0 Å². The highest BCUT2D eigenvalue weighted by Crippen LogP contribution is 2.28. The summed E-state index contributed by atoms with van der Waals surface area (Å²) in [6, 6.07) is 64.4. The molecule has 0 saturated heterocycles. The molecule has 0 aliphatic heterocycles. The topological polar surface area (TPSA) is 381 Å². The molecule has 0 radical (unpaired) electrons. The van der Waals surface area contributed by atoms with E-state index in [1.807, 2.05) is 39.0 Å². The maximum Gasteiger partial charge on any atom is 0.536 e. The first kappa shape index (κ1) is 83.2. The molecule has 0 spiro atoms. The monoisotopic (exact) mass is 1560 g/mol. The molecular weight excluding hydrogens is 1500 g/mol. The summed E-state index contributed by atoms with van der Waals surface area (Å²) in [6.07, 6.45) is 1.27. The van der Waals surface area contributed by atoms with Gasteiger partial charge in [0.15, 0.2) is 22.9 Å². The summed E-state index contributed by atoms with van der Waals surface area (Å²) in [6.45, 7) is 8.87. The number of nitriles is 2. The third-order valence-corrected chi connectivity index (χ3v) is 18.8. The van der Waals surface area contributed by atoms with Gasteiger partial charge < -0.3 is 5.11 Å². The number of ketones is 1. The third kappa shape index (κ3) is 25.9. The lowest BCUT2D eigenvalue weighted by molar-refractivity contribution is -0.111. The molecule has 9 rings (SSSR count). The van der Waals surface area contributed by atoms with E-state index < -0.39 is 67.8 Å². The third-order valence-electron chi connectivity index (χ3n) is 12.7. The number of aromatic carboxylic acids is 1. The number of aryl methyl sites for hydroxylation is 3. The Hall–Kier alpha value is -11.4. The summed E-state index contributed by atoms with van der Waals surface area (Å²) in [4.78, 5) is 21.9. The minimum absolute atomic E-state index is 0.0123. The lowest BCUT2D eigenvalue weighted by atomic mass is 9.97. The van der Waals surface area contributed by atoms with Crippen LogP contribution in [0.25, 0.3) is 0 Å². The van der Waals surface area contributed by atoms with Crippen molar-refractivity contribution in [1.82, 2.24) is 0 Å². The lowest BCUT2D eigenvalue weighted by Crippen LogP contribution is -2.24. The van der Waals surface area contributed by atoms with Crippen LogP contribution in [0.2, 0.25) is 10.0 Å². The Morgan fingerprint density at radius 2 is 0.846 bits per heavy atom. The van der Waals surface area contributed by atoms with Gasteiger partial charge in [-0.1, -0.05) is 224 Å². The van der Waals surface area contributed by atoms with Crippen molar-refractivity contribution in [2.24, 2.45) is 25.8 Å². The quantitative estimate of drug-likeness (QED) is 0.0396. The number of carboxylic acid groups (broad SMARTS) is 1. The van der Waals surface area contributed by atoms with Crippen molar-refractivity contribution < 1.29 is 91.4 Å². The van der Waals surface area contributed by atoms with Crippen LogP contribution in [0.1, 0.15) is 68.7 Å². The molecule has 0 amide bonds. The van der Waals surface area contributed by atoms with Gasteiger partial charge in [-0.25, -0.2) is 4.79 Å². The van der Waals surface area contributed by atoms with Gasteiger partial charge in [0.05, 0.1) is 22.5 Å². The molecule has 1 N–H and O–H groups in total. The zero-order chi connectivity index (χ0) is 76.9. The van der Waals surface area contributed by atoms with E-state index in [0.717, 1.165) is 34.4 Å². The van der Waals surface area contributed by atoms with Crippen LogP contribution in [0.3, 0.4) is 0 Å². The van der Waals surface area contributed by atoms with Crippen molar-refractivity contribution in [2.75, 3.05) is 0 Å². The van der Waals surface area contributed by atoms with E-state index in [-0.39, 0.29) is 58.0 Å². The van der Waals surface area contributed by atoms with Crippen molar-refractivity contribution in [2.45, 2.75) is 59.7 Å². The molecule has 0 aliphatic carbocycles. The number of Topliss-reactive ketones (excluding diaryl/α,β-unsaturated/α-hetero) is 1. The van der Waals surface area contributed by atoms with E-state index in [1.54, 1.807) is 140 Å².